The summed E-state index contributed by atoms with van der Waals surface area (Å²) in [6.07, 6.45) is 6.77. The van der Waals surface area contributed by atoms with Gasteiger partial charge in [0.25, 0.3) is 0 Å². The maximum Gasteiger partial charge on any atom is 0.202 e. The number of hydrogen-bond donors (Lipinski definition) is 0. The minimum Gasteiger partial charge on any atom is -0.378 e. The van der Waals surface area contributed by atoms with Crippen molar-refractivity contribution >= 4 is 35.1 Å². The average molecular weight is 438 g/mol. The Balaban J connectivity index is 0.00000341. The Morgan fingerprint density at radius 1 is 0.806 bits per heavy atom. The summed E-state index contributed by atoms with van der Waals surface area (Å²) in [4.78, 5) is 2.13. The van der Waals surface area contributed by atoms with Crippen molar-refractivity contribution in [3.8, 4) is 0 Å². The van der Waals surface area contributed by atoms with Crippen molar-refractivity contribution < 1.29 is 4.58 Å². The summed E-state index contributed by atoms with van der Waals surface area (Å²) in [5, 5.41) is 0. The molecule has 0 aliphatic heterocycles. The monoisotopic (exact) mass is 437 g/mol. The highest BCUT2D eigenvalue weighted by Gasteiger charge is 2.18. The summed E-state index contributed by atoms with van der Waals surface area (Å²) in [5.74, 6) is 0. The molecule has 0 fully saturated rings. The second-order valence-electron chi connectivity index (χ2n) is 9.27. The van der Waals surface area contributed by atoms with E-state index >= 15 is 0 Å². The topological polar surface area (TPSA) is 6.25 Å². The molecule has 0 radical (unpaired) electrons. The Morgan fingerprint density at radius 3 is 1.74 bits per heavy atom. The van der Waals surface area contributed by atoms with E-state index < -0.39 is 0 Å². The van der Waals surface area contributed by atoms with E-state index in [9.17, 15) is 0 Å². The van der Waals surface area contributed by atoms with Gasteiger partial charge in [0.2, 0.25) is 5.71 Å². The van der Waals surface area contributed by atoms with Crippen LogP contribution in [-0.2, 0) is 0 Å². The van der Waals surface area contributed by atoms with Gasteiger partial charge >= 0.3 is 0 Å². The third-order valence-corrected chi connectivity index (χ3v) is 5.57. The molecule has 0 atom stereocenters. The standard InChI is InChI=1S/C27H35N3.ClH/c1-20-19-23(13-18-26(20)29(4)5)27(21-9-14-24(15-10-21)28(2)3)22-11-16-25(17-12-22)30(6,7)8;/h9-19H,1-8H3;1H/q+2;. The molecule has 0 heterocycles. The molecule has 0 N–H and O–H groups in total. The number of quaternary nitrogens is 1. The smallest absolute Gasteiger partial charge is 0.202 e. The number of allylic oxidation sites excluding steroid dienone is 5. The van der Waals surface area contributed by atoms with Crippen LogP contribution >= 0.6 is 12.4 Å². The van der Waals surface area contributed by atoms with Crippen molar-refractivity contribution in [1.82, 2.24) is 4.48 Å². The predicted molar refractivity (Wildman–Crippen MR) is 140 cm³/mol. The van der Waals surface area contributed by atoms with E-state index in [1.807, 2.05) is 0 Å². The average Bonchev–Trinajstić information content (AvgIpc) is 2.68. The molecule has 4 heteroatoms. The molecule has 0 aromatic heterocycles. The van der Waals surface area contributed by atoms with E-state index in [4.69, 9.17) is 0 Å². The lowest BCUT2D eigenvalue weighted by Crippen LogP contribution is -2.34. The van der Waals surface area contributed by atoms with Crippen molar-refractivity contribution in [2.75, 3.05) is 54.2 Å². The van der Waals surface area contributed by atoms with E-state index in [2.05, 4.69) is 132 Å². The van der Waals surface area contributed by atoms with Gasteiger partial charge in [0.1, 0.15) is 19.8 Å². The number of benzene rings is 2. The largest absolute Gasteiger partial charge is 0.378 e. The van der Waals surface area contributed by atoms with Gasteiger partial charge in [-0.25, -0.2) is 4.58 Å². The molecule has 31 heavy (non-hydrogen) atoms. The van der Waals surface area contributed by atoms with Gasteiger partial charge in [-0.05, 0) is 77.7 Å². The van der Waals surface area contributed by atoms with Crippen LogP contribution in [0.1, 0.15) is 18.1 Å². The quantitative estimate of drug-likeness (QED) is 0.458. The molecule has 3 nitrogen and oxygen atoms in total. The van der Waals surface area contributed by atoms with E-state index in [-0.39, 0.29) is 12.4 Å². The lowest BCUT2D eigenvalue weighted by atomic mass is 9.89. The minimum absolute atomic E-state index is 0. The molecule has 164 valence electrons. The normalized spacial score (nSPS) is 15.2. The van der Waals surface area contributed by atoms with Crippen LogP contribution in [0.15, 0.2) is 77.9 Å². The highest BCUT2D eigenvalue weighted by atomic mass is 35.5. The number of anilines is 1. The SMILES string of the molecule is CC1=CC(=C(c2ccc(N(C)C)cc2)c2ccc([N+](C)(C)C)cc2)C=CC1=[N+](C)C.Cl. The molecule has 3 rings (SSSR count). The first-order valence-corrected chi connectivity index (χ1v) is 10.4. The van der Waals surface area contributed by atoms with Crippen LogP contribution in [0.5, 0.6) is 0 Å². The van der Waals surface area contributed by atoms with Crippen molar-refractivity contribution in [1.29, 1.82) is 0 Å². The molecule has 2 aromatic carbocycles. The molecule has 0 bridgehead atoms. The summed E-state index contributed by atoms with van der Waals surface area (Å²) in [7, 11) is 14.9. The second kappa shape index (κ2) is 9.67. The van der Waals surface area contributed by atoms with Gasteiger partial charge in [0.15, 0.2) is 0 Å². The van der Waals surface area contributed by atoms with E-state index in [1.165, 1.54) is 44.9 Å². The van der Waals surface area contributed by atoms with Crippen LogP contribution in [0.4, 0.5) is 11.4 Å². The fourth-order valence-corrected chi connectivity index (χ4v) is 3.81. The van der Waals surface area contributed by atoms with Gasteiger partial charge in [0.05, 0.1) is 21.1 Å². The summed E-state index contributed by atoms with van der Waals surface area (Å²) < 4.78 is 2.98. The van der Waals surface area contributed by atoms with E-state index in [1.54, 1.807) is 0 Å². The van der Waals surface area contributed by atoms with E-state index in [0.717, 1.165) is 4.48 Å². The second-order valence-corrected chi connectivity index (χ2v) is 9.27. The van der Waals surface area contributed by atoms with Crippen molar-refractivity contribution in [3.05, 3.63) is 89.0 Å². The first-order chi connectivity index (χ1) is 14.1. The molecule has 0 unspecified atom stereocenters. The lowest BCUT2D eigenvalue weighted by Gasteiger charge is -2.24. The third kappa shape index (κ3) is 5.55. The molecule has 2 aromatic rings. The molecule has 1 aliphatic carbocycles. The lowest BCUT2D eigenvalue weighted by molar-refractivity contribution is -0.463. The molecule has 0 saturated heterocycles. The van der Waals surface area contributed by atoms with Gasteiger partial charge in [-0.3, -0.25) is 4.48 Å². The van der Waals surface area contributed by atoms with Crippen LogP contribution in [0.25, 0.3) is 5.57 Å². The summed E-state index contributed by atoms with van der Waals surface area (Å²) >= 11 is 0. The van der Waals surface area contributed by atoms with Gasteiger partial charge in [-0.2, -0.15) is 0 Å². The Kier molecular flexibility index (Phi) is 7.69. The molecular formula is C27H36ClN3+2. The Hall–Kier alpha value is -2.62. The molecule has 0 spiro atoms. The fraction of sp³-hybridized carbons (Fsp3) is 0.296. The Morgan fingerprint density at radius 2 is 1.32 bits per heavy atom. The number of halogens is 1. The van der Waals surface area contributed by atoms with Crippen LogP contribution in [0.3, 0.4) is 0 Å². The number of hydrogen-bond acceptors (Lipinski definition) is 1. The predicted octanol–water partition coefficient (Wildman–Crippen LogP) is 5.40. The first kappa shape index (κ1) is 24.6. The zero-order valence-corrected chi connectivity index (χ0v) is 20.9. The fourth-order valence-electron chi connectivity index (χ4n) is 3.81. The minimum atomic E-state index is 0. The molecular weight excluding hydrogens is 402 g/mol. The maximum atomic E-state index is 2.30. The molecule has 0 saturated carbocycles. The zero-order chi connectivity index (χ0) is 22.1. The summed E-state index contributed by atoms with van der Waals surface area (Å²) in [5.41, 5.74) is 10.0. The van der Waals surface area contributed by atoms with Crippen LogP contribution in [0, 0.1) is 0 Å². The molecule has 1 aliphatic rings. The van der Waals surface area contributed by atoms with Gasteiger partial charge in [-0.15, -0.1) is 12.4 Å². The summed E-state index contributed by atoms with van der Waals surface area (Å²) in [6, 6.07) is 17.8. The van der Waals surface area contributed by atoms with Crippen molar-refractivity contribution in [2.24, 2.45) is 0 Å². The Labute approximate surface area is 194 Å². The van der Waals surface area contributed by atoms with Crippen LogP contribution in [-0.4, -0.2) is 59.6 Å². The van der Waals surface area contributed by atoms with Crippen molar-refractivity contribution in [3.63, 3.8) is 0 Å². The first-order valence-electron chi connectivity index (χ1n) is 10.4. The van der Waals surface area contributed by atoms with Crippen LogP contribution < -0.4 is 9.38 Å². The number of nitrogens with zero attached hydrogens (tertiary/aromatic N) is 3. The maximum absolute atomic E-state index is 2.30. The van der Waals surface area contributed by atoms with Crippen LogP contribution in [0.2, 0.25) is 0 Å². The third-order valence-electron chi connectivity index (χ3n) is 5.57. The van der Waals surface area contributed by atoms with Gasteiger partial charge < -0.3 is 4.90 Å². The Bertz CT molecular complexity index is 1040. The zero-order valence-electron chi connectivity index (χ0n) is 20.1. The summed E-state index contributed by atoms with van der Waals surface area (Å²) in [6.45, 7) is 2.19. The van der Waals surface area contributed by atoms with Gasteiger partial charge in [-0.1, -0.05) is 12.1 Å². The highest BCUT2D eigenvalue weighted by Crippen LogP contribution is 2.33. The van der Waals surface area contributed by atoms with E-state index in [0.29, 0.717) is 0 Å². The van der Waals surface area contributed by atoms with Crippen molar-refractivity contribution in [2.45, 2.75) is 6.92 Å². The number of rotatable bonds is 4. The highest BCUT2D eigenvalue weighted by molar-refractivity contribution is 6.07. The molecule has 0 amide bonds. The van der Waals surface area contributed by atoms with Gasteiger partial charge in [0, 0.05) is 31.4 Å².